The molecule has 2 saturated heterocycles. The minimum atomic E-state index is -0.486. The van der Waals surface area contributed by atoms with Gasteiger partial charge >= 0.3 is 0 Å². The second kappa shape index (κ2) is 8.20. The van der Waals surface area contributed by atoms with Crippen molar-refractivity contribution in [1.29, 1.82) is 0 Å². The summed E-state index contributed by atoms with van der Waals surface area (Å²) in [5.41, 5.74) is 0.441. The van der Waals surface area contributed by atoms with Crippen molar-refractivity contribution in [2.24, 2.45) is 11.8 Å². The third-order valence-electron chi connectivity index (χ3n) is 7.22. The zero-order valence-electron chi connectivity index (χ0n) is 18.0. The van der Waals surface area contributed by atoms with Gasteiger partial charge in [-0.15, -0.1) is 0 Å². The minimum Gasteiger partial charge on any atom is -0.378 e. The molecule has 2 aromatic rings. The zero-order valence-corrected chi connectivity index (χ0v) is 18.0. The molecular weight excluding hydrogens is 415 g/mol. The predicted octanol–water partition coefficient (Wildman–Crippen LogP) is 1.49. The minimum absolute atomic E-state index is 0.00240. The molecule has 5 rings (SSSR count). The fourth-order valence-electron chi connectivity index (χ4n) is 5.34. The van der Waals surface area contributed by atoms with E-state index in [-0.39, 0.29) is 34.7 Å². The Balaban J connectivity index is 1.40. The fraction of sp³-hybridized carbons (Fsp3) is 0.522. The van der Waals surface area contributed by atoms with E-state index >= 15 is 0 Å². The number of ether oxygens (including phenoxy) is 1. The summed E-state index contributed by atoms with van der Waals surface area (Å²) in [4.78, 5) is 44.5. The average Bonchev–Trinajstić information content (AvgIpc) is 3.22. The number of carbonyl (C=O) groups excluding carboxylic acids is 2. The molecule has 0 unspecified atom stereocenters. The SMILES string of the molecule is CN(C(=O)c1c[nH]c2cc(N3CCOCC3)c(F)cc2c1=O)[C@H]1C[C@H]2CNC(=O)C[C@H]2C1. The number of H-pyrrole nitrogens is 1. The quantitative estimate of drug-likeness (QED) is 0.751. The number of hydrogen-bond donors (Lipinski definition) is 2. The Hall–Kier alpha value is -2.94. The van der Waals surface area contributed by atoms with Gasteiger partial charge in [-0.2, -0.15) is 0 Å². The number of amides is 2. The Bertz CT molecular complexity index is 1130. The van der Waals surface area contributed by atoms with Gasteiger partial charge in [-0.25, -0.2) is 4.39 Å². The van der Waals surface area contributed by atoms with Crippen LogP contribution in [0.5, 0.6) is 0 Å². The van der Waals surface area contributed by atoms with Crippen LogP contribution in [-0.4, -0.2) is 67.6 Å². The molecule has 2 N–H and O–H groups in total. The van der Waals surface area contributed by atoms with Crippen molar-refractivity contribution < 1.29 is 18.7 Å². The highest BCUT2D eigenvalue weighted by Crippen LogP contribution is 2.38. The molecule has 2 aliphatic heterocycles. The summed E-state index contributed by atoms with van der Waals surface area (Å²) in [6, 6.07) is 2.82. The Kier molecular flexibility index (Phi) is 5.36. The van der Waals surface area contributed by atoms with E-state index in [0.29, 0.717) is 56.4 Å². The summed E-state index contributed by atoms with van der Waals surface area (Å²) in [5, 5.41) is 3.05. The van der Waals surface area contributed by atoms with Gasteiger partial charge in [-0.3, -0.25) is 14.4 Å². The molecule has 0 spiro atoms. The van der Waals surface area contributed by atoms with Gasteiger partial charge in [0.05, 0.1) is 24.4 Å². The topological polar surface area (TPSA) is 94.7 Å². The number of aromatic amines is 1. The lowest BCUT2D eigenvalue weighted by molar-refractivity contribution is -0.124. The largest absolute Gasteiger partial charge is 0.378 e. The molecule has 9 heteroatoms. The highest BCUT2D eigenvalue weighted by Gasteiger charge is 2.41. The van der Waals surface area contributed by atoms with Crippen LogP contribution in [-0.2, 0) is 9.53 Å². The van der Waals surface area contributed by atoms with Gasteiger partial charge < -0.3 is 24.8 Å². The molecule has 3 fully saturated rings. The van der Waals surface area contributed by atoms with Crippen LogP contribution in [0.4, 0.5) is 10.1 Å². The highest BCUT2D eigenvalue weighted by atomic mass is 19.1. The van der Waals surface area contributed by atoms with Gasteiger partial charge in [0.2, 0.25) is 11.3 Å². The van der Waals surface area contributed by atoms with Crippen LogP contribution in [0.25, 0.3) is 10.9 Å². The van der Waals surface area contributed by atoms with Gasteiger partial charge in [-0.1, -0.05) is 0 Å². The van der Waals surface area contributed by atoms with E-state index in [0.717, 1.165) is 12.8 Å². The van der Waals surface area contributed by atoms with E-state index in [2.05, 4.69) is 10.3 Å². The number of morpholine rings is 1. The van der Waals surface area contributed by atoms with Crippen molar-refractivity contribution in [3.8, 4) is 0 Å². The third kappa shape index (κ3) is 3.64. The van der Waals surface area contributed by atoms with Crippen LogP contribution in [0.2, 0.25) is 0 Å². The summed E-state index contributed by atoms with van der Waals surface area (Å²) in [7, 11) is 1.70. The van der Waals surface area contributed by atoms with E-state index < -0.39 is 11.2 Å². The van der Waals surface area contributed by atoms with Gasteiger partial charge in [0.15, 0.2) is 0 Å². The van der Waals surface area contributed by atoms with Crippen molar-refractivity contribution in [1.82, 2.24) is 15.2 Å². The van der Waals surface area contributed by atoms with Crippen molar-refractivity contribution in [2.75, 3.05) is 44.8 Å². The molecule has 32 heavy (non-hydrogen) atoms. The molecule has 3 heterocycles. The number of aromatic nitrogens is 1. The Morgan fingerprint density at radius 3 is 2.72 bits per heavy atom. The average molecular weight is 442 g/mol. The summed E-state index contributed by atoms with van der Waals surface area (Å²) in [6.07, 6.45) is 3.47. The van der Waals surface area contributed by atoms with E-state index in [4.69, 9.17) is 4.74 Å². The van der Waals surface area contributed by atoms with Gasteiger partial charge in [0, 0.05) is 50.7 Å². The van der Waals surface area contributed by atoms with Crippen LogP contribution in [0.1, 0.15) is 29.6 Å². The lowest BCUT2D eigenvalue weighted by Crippen LogP contribution is -2.38. The molecule has 1 aromatic heterocycles. The Labute approximate surface area is 184 Å². The molecule has 2 amide bonds. The summed E-state index contributed by atoms with van der Waals surface area (Å²) < 4.78 is 20.2. The van der Waals surface area contributed by atoms with Crippen molar-refractivity contribution in [3.05, 3.63) is 39.9 Å². The standard InChI is InChI=1S/C23H27FN4O4/c1-27(15-6-13-8-21(29)26-11-14(13)7-15)23(31)17-12-25-19-10-20(28-2-4-32-5-3-28)18(24)9-16(19)22(17)30/h9-10,12-15H,2-8,11H2,1H3,(H,25,30)(H,26,29)/t13-,14+,15-/m1/s1. The summed E-state index contributed by atoms with van der Waals surface area (Å²) in [6.45, 7) is 2.86. The van der Waals surface area contributed by atoms with Gasteiger partial charge in [0.25, 0.3) is 5.91 Å². The first-order chi connectivity index (χ1) is 15.4. The van der Waals surface area contributed by atoms with E-state index in [1.165, 1.54) is 12.3 Å². The molecule has 1 aromatic carbocycles. The van der Waals surface area contributed by atoms with Crippen LogP contribution < -0.4 is 15.6 Å². The van der Waals surface area contributed by atoms with Crippen molar-refractivity contribution >= 4 is 28.4 Å². The summed E-state index contributed by atoms with van der Waals surface area (Å²) >= 11 is 0. The van der Waals surface area contributed by atoms with Gasteiger partial charge in [-0.05, 0) is 36.8 Å². The van der Waals surface area contributed by atoms with Crippen LogP contribution in [0.3, 0.4) is 0 Å². The second-order valence-corrected chi connectivity index (χ2v) is 9.05. The number of piperidine rings is 1. The normalized spacial score (nSPS) is 25.5. The molecule has 0 radical (unpaired) electrons. The number of halogens is 1. The fourth-order valence-corrected chi connectivity index (χ4v) is 5.34. The van der Waals surface area contributed by atoms with Crippen LogP contribution in [0.15, 0.2) is 23.1 Å². The second-order valence-electron chi connectivity index (χ2n) is 9.05. The number of pyridine rings is 1. The lowest BCUT2D eigenvalue weighted by Gasteiger charge is -2.29. The first-order valence-electron chi connectivity index (χ1n) is 11.1. The zero-order chi connectivity index (χ0) is 22.4. The number of anilines is 1. The molecule has 170 valence electrons. The number of carbonyl (C=O) groups is 2. The van der Waals surface area contributed by atoms with E-state index in [9.17, 15) is 18.8 Å². The van der Waals surface area contributed by atoms with Crippen molar-refractivity contribution in [2.45, 2.75) is 25.3 Å². The smallest absolute Gasteiger partial charge is 0.259 e. The maximum Gasteiger partial charge on any atom is 0.259 e. The molecule has 8 nitrogen and oxygen atoms in total. The van der Waals surface area contributed by atoms with E-state index in [1.54, 1.807) is 18.0 Å². The lowest BCUT2D eigenvalue weighted by atomic mass is 9.89. The summed E-state index contributed by atoms with van der Waals surface area (Å²) in [5.74, 6) is -0.180. The molecular formula is C23H27FN4O4. The molecule has 1 saturated carbocycles. The van der Waals surface area contributed by atoms with Crippen LogP contribution >= 0.6 is 0 Å². The number of nitrogens with zero attached hydrogens (tertiary/aromatic N) is 2. The van der Waals surface area contributed by atoms with Crippen LogP contribution in [0, 0.1) is 17.7 Å². The van der Waals surface area contributed by atoms with E-state index in [1.807, 2.05) is 4.90 Å². The van der Waals surface area contributed by atoms with Gasteiger partial charge in [0.1, 0.15) is 11.4 Å². The number of rotatable bonds is 3. The maximum absolute atomic E-state index is 14.9. The monoisotopic (exact) mass is 442 g/mol. The number of fused-ring (bicyclic) bond motifs is 2. The molecule has 1 aliphatic carbocycles. The molecule has 3 aliphatic rings. The Morgan fingerprint density at radius 2 is 1.94 bits per heavy atom. The number of benzene rings is 1. The number of nitrogens with one attached hydrogen (secondary N) is 2. The highest BCUT2D eigenvalue weighted by molar-refractivity contribution is 5.97. The molecule has 0 bridgehead atoms. The predicted molar refractivity (Wildman–Crippen MR) is 117 cm³/mol. The Morgan fingerprint density at radius 1 is 1.19 bits per heavy atom. The first-order valence-corrected chi connectivity index (χ1v) is 11.1. The first kappa shape index (κ1) is 20.9. The number of hydrogen-bond acceptors (Lipinski definition) is 5. The maximum atomic E-state index is 14.9. The molecule has 3 atom stereocenters. The van der Waals surface area contributed by atoms with Crippen molar-refractivity contribution in [3.63, 3.8) is 0 Å². The third-order valence-corrected chi connectivity index (χ3v) is 7.22.